The molecule has 3 N–H and O–H groups in total. The molecule has 1 saturated heterocycles. The number of cyclic esters (lactones) is 1. The van der Waals surface area contributed by atoms with Gasteiger partial charge in [0.05, 0.1) is 39.7 Å². The van der Waals surface area contributed by atoms with Crippen LogP contribution in [0.25, 0.3) is 6.08 Å². The van der Waals surface area contributed by atoms with Gasteiger partial charge in [0.1, 0.15) is 6.61 Å². The summed E-state index contributed by atoms with van der Waals surface area (Å²) in [6.45, 7) is 1.83. The third kappa shape index (κ3) is 2.21. The summed E-state index contributed by atoms with van der Waals surface area (Å²) in [4.78, 5) is 24.8. The first-order chi connectivity index (χ1) is 13.8. The number of carbonyl (C=O) groups is 1. The Balaban J connectivity index is 1.69. The molecule has 0 aliphatic carbocycles. The molecule has 0 aromatic heterocycles. The van der Waals surface area contributed by atoms with Crippen LogP contribution in [0.1, 0.15) is 18.9 Å². The number of esters is 1. The summed E-state index contributed by atoms with van der Waals surface area (Å²) in [5, 5.41) is 36.3. The molecule has 1 unspecified atom stereocenters. The lowest BCUT2D eigenvalue weighted by atomic mass is 9.82. The van der Waals surface area contributed by atoms with Crippen LogP contribution in [-0.2, 0) is 9.53 Å². The molecule has 1 fully saturated rings. The van der Waals surface area contributed by atoms with Crippen LogP contribution >= 0.6 is 0 Å². The van der Waals surface area contributed by atoms with Gasteiger partial charge in [-0.25, -0.2) is 4.79 Å². The fraction of sp³-hybridized carbons (Fsp3) is 0.250. The summed E-state index contributed by atoms with van der Waals surface area (Å²) in [6.07, 6.45) is 3.52. The van der Waals surface area contributed by atoms with Gasteiger partial charge in [-0.2, -0.15) is 0 Å². The molecule has 4 aliphatic rings. The van der Waals surface area contributed by atoms with Gasteiger partial charge in [0.15, 0.2) is 11.5 Å². The van der Waals surface area contributed by atoms with Crippen LogP contribution in [-0.4, -0.2) is 44.8 Å². The van der Waals surface area contributed by atoms with Crippen LogP contribution in [0.5, 0.6) is 0 Å². The molecule has 0 radical (unpaired) electrons. The predicted octanol–water partition coefficient (Wildman–Crippen LogP) is 2.34. The zero-order valence-electron chi connectivity index (χ0n) is 15.4. The van der Waals surface area contributed by atoms with E-state index < -0.39 is 16.5 Å². The van der Waals surface area contributed by atoms with Crippen molar-refractivity contribution in [3.8, 4) is 0 Å². The van der Waals surface area contributed by atoms with Crippen LogP contribution in [0.4, 0.5) is 11.4 Å². The molecule has 1 aromatic carbocycles. The van der Waals surface area contributed by atoms with Gasteiger partial charge >= 0.3 is 5.97 Å². The van der Waals surface area contributed by atoms with Gasteiger partial charge in [-0.15, -0.1) is 0 Å². The maximum atomic E-state index is 12.2. The lowest BCUT2D eigenvalue weighted by molar-refractivity contribution is -0.385. The van der Waals surface area contributed by atoms with Crippen molar-refractivity contribution in [1.82, 2.24) is 4.90 Å². The SMILES string of the molecule is CCC1(O)C(=O)OCC2=C(O)N3CC4=Cc5c(cccc5[N+](=O)[O-])NC4=C3C=C21. The van der Waals surface area contributed by atoms with Crippen molar-refractivity contribution in [3.63, 3.8) is 0 Å². The number of aliphatic hydroxyl groups is 2. The molecule has 1 aromatic rings. The highest BCUT2D eigenvalue weighted by atomic mass is 16.6. The summed E-state index contributed by atoms with van der Waals surface area (Å²) in [6, 6.07) is 4.78. The highest BCUT2D eigenvalue weighted by Gasteiger charge is 2.49. The fourth-order valence-corrected chi connectivity index (χ4v) is 4.24. The number of ether oxygens (including phenoxy) is 1. The molecule has 9 heteroatoms. The van der Waals surface area contributed by atoms with Crippen LogP contribution in [0, 0.1) is 10.1 Å². The monoisotopic (exact) mass is 395 g/mol. The van der Waals surface area contributed by atoms with Crippen LogP contribution in [0.15, 0.2) is 58.3 Å². The molecule has 148 valence electrons. The topological polar surface area (TPSA) is 125 Å². The molecule has 4 heterocycles. The van der Waals surface area contributed by atoms with Gasteiger partial charge in [-0.1, -0.05) is 13.0 Å². The molecule has 5 rings (SSSR count). The lowest BCUT2D eigenvalue weighted by Crippen LogP contribution is -2.48. The van der Waals surface area contributed by atoms with E-state index in [1.165, 1.54) is 6.07 Å². The van der Waals surface area contributed by atoms with Crippen molar-refractivity contribution in [2.45, 2.75) is 18.9 Å². The quantitative estimate of drug-likeness (QED) is 0.396. The minimum Gasteiger partial charge on any atom is -0.494 e. The third-order valence-corrected chi connectivity index (χ3v) is 5.83. The molecule has 1 atom stereocenters. The summed E-state index contributed by atoms with van der Waals surface area (Å²) in [5.74, 6) is -0.840. The first-order valence-corrected chi connectivity index (χ1v) is 9.16. The van der Waals surface area contributed by atoms with E-state index in [0.717, 1.165) is 5.57 Å². The summed E-state index contributed by atoms with van der Waals surface area (Å²) >= 11 is 0. The number of anilines is 1. The van der Waals surface area contributed by atoms with Crippen LogP contribution < -0.4 is 5.32 Å². The standard InChI is InChI=1S/C20H17N3O6/c1-2-20(26)13-7-16-17-10(8-22(16)18(24)12(13)9-29-19(20)25)6-11-14(21-17)4-3-5-15(11)23(27)28/h3-7,21,24,26H,2,8-9H2,1H3. The molecule has 9 nitrogen and oxygen atoms in total. The molecular formula is C20H17N3O6. The Kier molecular flexibility index (Phi) is 3.45. The zero-order valence-corrected chi connectivity index (χ0v) is 15.4. The highest BCUT2D eigenvalue weighted by Crippen LogP contribution is 2.46. The molecule has 0 bridgehead atoms. The Labute approximate surface area is 165 Å². The largest absolute Gasteiger partial charge is 0.494 e. The number of nitrogens with one attached hydrogen (secondary N) is 1. The fourth-order valence-electron chi connectivity index (χ4n) is 4.24. The second-order valence-corrected chi connectivity index (χ2v) is 7.29. The van der Waals surface area contributed by atoms with Gasteiger partial charge in [0.2, 0.25) is 0 Å². The highest BCUT2D eigenvalue weighted by molar-refractivity contribution is 5.89. The van der Waals surface area contributed by atoms with Gasteiger partial charge in [-0.3, -0.25) is 10.1 Å². The van der Waals surface area contributed by atoms with Crippen molar-refractivity contribution in [2.24, 2.45) is 0 Å². The number of aliphatic hydroxyl groups excluding tert-OH is 1. The number of fused-ring (bicyclic) bond motifs is 4. The van der Waals surface area contributed by atoms with Crippen LogP contribution in [0.2, 0.25) is 0 Å². The number of benzene rings is 1. The third-order valence-electron chi connectivity index (χ3n) is 5.83. The zero-order chi connectivity index (χ0) is 20.5. The number of rotatable bonds is 2. The minimum absolute atomic E-state index is 0.00891. The smallest absolute Gasteiger partial charge is 0.343 e. The first-order valence-electron chi connectivity index (χ1n) is 9.16. The van der Waals surface area contributed by atoms with E-state index in [4.69, 9.17) is 4.74 Å². The minimum atomic E-state index is -1.83. The molecule has 4 aliphatic heterocycles. The first kappa shape index (κ1) is 17.5. The van der Waals surface area contributed by atoms with Gasteiger partial charge in [-0.05, 0) is 30.2 Å². The van der Waals surface area contributed by atoms with Gasteiger partial charge in [0, 0.05) is 11.6 Å². The van der Waals surface area contributed by atoms with E-state index in [1.807, 2.05) is 0 Å². The normalized spacial score (nSPS) is 24.6. The number of nitrogens with zero attached hydrogens (tertiary/aromatic N) is 2. The predicted molar refractivity (Wildman–Crippen MR) is 102 cm³/mol. The van der Waals surface area contributed by atoms with Crippen molar-refractivity contribution >= 4 is 23.4 Å². The average Bonchev–Trinajstić information content (AvgIpc) is 3.07. The molecule has 0 saturated carbocycles. The molecular weight excluding hydrogens is 378 g/mol. The number of nitro groups is 1. The number of hydrogen-bond donors (Lipinski definition) is 3. The van der Waals surface area contributed by atoms with Crippen molar-refractivity contribution in [1.29, 1.82) is 0 Å². The van der Waals surface area contributed by atoms with E-state index >= 15 is 0 Å². The second kappa shape index (κ2) is 5.71. The Morgan fingerprint density at radius 1 is 1.38 bits per heavy atom. The van der Waals surface area contributed by atoms with Crippen molar-refractivity contribution in [3.05, 3.63) is 73.9 Å². The Morgan fingerprint density at radius 3 is 2.90 bits per heavy atom. The van der Waals surface area contributed by atoms with Crippen LogP contribution in [0.3, 0.4) is 0 Å². The number of allylic oxidation sites excluding steroid dienone is 1. The Morgan fingerprint density at radius 2 is 2.17 bits per heavy atom. The summed E-state index contributed by atoms with van der Waals surface area (Å²) in [5.41, 5.74) is 1.91. The number of hydrogen-bond acceptors (Lipinski definition) is 8. The van der Waals surface area contributed by atoms with E-state index in [0.29, 0.717) is 40.3 Å². The maximum Gasteiger partial charge on any atom is 0.343 e. The number of nitro benzene ring substituents is 1. The van der Waals surface area contributed by atoms with E-state index in [-0.39, 0.29) is 24.6 Å². The second-order valence-electron chi connectivity index (χ2n) is 7.29. The maximum absolute atomic E-state index is 12.2. The molecule has 29 heavy (non-hydrogen) atoms. The Hall–Kier alpha value is -3.59. The lowest BCUT2D eigenvalue weighted by Gasteiger charge is -2.38. The van der Waals surface area contributed by atoms with Crippen molar-refractivity contribution < 1.29 is 24.7 Å². The van der Waals surface area contributed by atoms with Gasteiger partial charge < -0.3 is 25.2 Å². The molecule has 0 amide bonds. The Bertz CT molecular complexity index is 1130. The van der Waals surface area contributed by atoms with E-state index in [1.54, 1.807) is 36.1 Å². The summed E-state index contributed by atoms with van der Waals surface area (Å²) < 4.78 is 5.09. The van der Waals surface area contributed by atoms with Gasteiger partial charge in [0.25, 0.3) is 5.69 Å². The molecule has 0 spiro atoms. The van der Waals surface area contributed by atoms with Crippen molar-refractivity contribution in [2.75, 3.05) is 18.5 Å². The average molecular weight is 395 g/mol. The van der Waals surface area contributed by atoms with E-state index in [2.05, 4.69) is 5.32 Å². The van der Waals surface area contributed by atoms with E-state index in [9.17, 15) is 25.1 Å². The summed E-state index contributed by atoms with van der Waals surface area (Å²) in [7, 11) is 0. The number of carbonyl (C=O) groups excluding carboxylic acids is 1.